The van der Waals surface area contributed by atoms with E-state index in [1.54, 1.807) is 33.8 Å². The molecule has 0 amide bonds. The van der Waals surface area contributed by atoms with Crippen LogP contribution in [0.4, 0.5) is 5.69 Å². The zero-order valence-electron chi connectivity index (χ0n) is 15.2. The third kappa shape index (κ3) is 2.46. The zero-order valence-corrected chi connectivity index (χ0v) is 15.2. The summed E-state index contributed by atoms with van der Waals surface area (Å²) in [5.74, 6) is 0. The first-order valence-corrected chi connectivity index (χ1v) is 8.93. The second kappa shape index (κ2) is 6.06. The third-order valence-corrected chi connectivity index (χ3v) is 4.99. The first-order valence-electron chi connectivity index (χ1n) is 8.93. The maximum atomic E-state index is 12.9. The van der Waals surface area contributed by atoms with Gasteiger partial charge in [0.25, 0.3) is 5.56 Å². The summed E-state index contributed by atoms with van der Waals surface area (Å²) in [7, 11) is 0. The van der Waals surface area contributed by atoms with Gasteiger partial charge in [0.05, 0.1) is 22.4 Å². The quantitative estimate of drug-likeness (QED) is 0.382. The van der Waals surface area contributed by atoms with Crippen LogP contribution in [0.15, 0.2) is 78.0 Å². The molecule has 3 aromatic heterocycles. The van der Waals surface area contributed by atoms with Gasteiger partial charge in [0, 0.05) is 41.1 Å². The second-order valence-electron chi connectivity index (χ2n) is 6.76. The number of benzene rings is 2. The zero-order chi connectivity index (χ0) is 19.3. The minimum Gasteiger partial charge on any atom is -0.398 e. The van der Waals surface area contributed by atoms with E-state index in [1.807, 2.05) is 55.6 Å². The Kier molecular flexibility index (Phi) is 3.52. The van der Waals surface area contributed by atoms with Crippen molar-refractivity contribution in [3.8, 4) is 11.4 Å². The molecule has 0 atom stereocenters. The fraction of sp³-hybridized carbons (Fsp3) is 0.0455. The number of rotatable bonds is 2. The van der Waals surface area contributed by atoms with E-state index in [0.717, 1.165) is 38.7 Å². The molecule has 0 radical (unpaired) electrons. The Hall–Kier alpha value is -3.93. The van der Waals surface area contributed by atoms with E-state index in [-0.39, 0.29) is 5.56 Å². The number of fused-ring (bicyclic) bond motifs is 3. The van der Waals surface area contributed by atoms with Crippen LogP contribution >= 0.6 is 0 Å². The Morgan fingerprint density at radius 3 is 2.64 bits per heavy atom. The van der Waals surface area contributed by atoms with E-state index in [1.165, 1.54) is 0 Å². The molecule has 136 valence electrons. The largest absolute Gasteiger partial charge is 0.398 e. The van der Waals surface area contributed by atoms with Crippen molar-refractivity contribution in [2.75, 3.05) is 5.73 Å². The lowest BCUT2D eigenvalue weighted by atomic mass is 10.1. The molecule has 0 unspecified atom stereocenters. The predicted octanol–water partition coefficient (Wildman–Crippen LogP) is 3.62. The number of anilines is 1. The molecule has 2 aromatic carbocycles. The third-order valence-electron chi connectivity index (χ3n) is 4.99. The smallest absolute Gasteiger partial charge is 0.255 e. The lowest BCUT2D eigenvalue weighted by Gasteiger charge is -2.14. The van der Waals surface area contributed by atoms with Crippen molar-refractivity contribution in [3.63, 3.8) is 0 Å². The summed E-state index contributed by atoms with van der Waals surface area (Å²) in [6, 6.07) is 16.8. The molecule has 0 bridgehead atoms. The average molecular weight is 367 g/mol. The molecular formula is C22H17N5O. The molecule has 0 saturated carbocycles. The van der Waals surface area contributed by atoms with E-state index < -0.39 is 0 Å². The molecule has 0 aliphatic carbocycles. The van der Waals surface area contributed by atoms with Crippen LogP contribution in [0.5, 0.6) is 0 Å². The number of hydrogen-bond acceptors (Lipinski definition) is 4. The van der Waals surface area contributed by atoms with E-state index in [0.29, 0.717) is 5.69 Å². The molecule has 3 heterocycles. The fourth-order valence-electron chi connectivity index (χ4n) is 3.49. The van der Waals surface area contributed by atoms with Crippen molar-refractivity contribution in [3.05, 3.63) is 89.1 Å². The highest BCUT2D eigenvalue weighted by molar-refractivity contribution is 6.04. The van der Waals surface area contributed by atoms with Crippen molar-refractivity contribution >= 4 is 27.5 Å². The van der Waals surface area contributed by atoms with Gasteiger partial charge in [-0.2, -0.15) is 5.10 Å². The molecule has 5 aromatic rings. The fourth-order valence-corrected chi connectivity index (χ4v) is 3.49. The van der Waals surface area contributed by atoms with Gasteiger partial charge < -0.3 is 5.73 Å². The van der Waals surface area contributed by atoms with Crippen LogP contribution in [0.25, 0.3) is 33.2 Å². The van der Waals surface area contributed by atoms with E-state index in [9.17, 15) is 4.79 Å². The highest BCUT2D eigenvalue weighted by Crippen LogP contribution is 2.27. The van der Waals surface area contributed by atoms with Crippen molar-refractivity contribution in [2.24, 2.45) is 0 Å². The Labute approximate surface area is 160 Å². The van der Waals surface area contributed by atoms with E-state index in [4.69, 9.17) is 5.73 Å². The number of aryl methyl sites for hydroxylation is 1. The first kappa shape index (κ1) is 16.3. The topological polar surface area (TPSA) is 78.7 Å². The van der Waals surface area contributed by atoms with Crippen LogP contribution in [0, 0.1) is 6.92 Å². The highest BCUT2D eigenvalue weighted by atomic mass is 16.1. The van der Waals surface area contributed by atoms with Crippen molar-refractivity contribution < 1.29 is 0 Å². The normalized spacial score (nSPS) is 11.3. The molecule has 0 aliphatic rings. The van der Waals surface area contributed by atoms with Gasteiger partial charge in [-0.15, -0.1) is 0 Å². The van der Waals surface area contributed by atoms with Crippen LogP contribution in [0.1, 0.15) is 5.56 Å². The van der Waals surface area contributed by atoms with Gasteiger partial charge in [-0.05, 0) is 55.0 Å². The minimum absolute atomic E-state index is 0.118. The summed E-state index contributed by atoms with van der Waals surface area (Å²) in [5.41, 5.74) is 10.9. The molecule has 0 aliphatic heterocycles. The number of nitrogens with two attached hydrogens (primary N) is 1. The molecule has 2 N–H and O–H groups in total. The van der Waals surface area contributed by atoms with Crippen molar-refractivity contribution in [2.45, 2.75) is 6.92 Å². The minimum atomic E-state index is -0.118. The number of pyridine rings is 2. The van der Waals surface area contributed by atoms with Crippen LogP contribution in [0.3, 0.4) is 0 Å². The monoisotopic (exact) mass is 367 g/mol. The number of nitrogens with zero attached hydrogens (tertiary/aromatic N) is 4. The molecule has 6 heteroatoms. The molecule has 0 saturated heterocycles. The first-order chi connectivity index (χ1) is 13.6. The maximum absolute atomic E-state index is 12.9. The van der Waals surface area contributed by atoms with Crippen LogP contribution < -0.4 is 11.3 Å². The maximum Gasteiger partial charge on any atom is 0.255 e. The van der Waals surface area contributed by atoms with Gasteiger partial charge >= 0.3 is 0 Å². The van der Waals surface area contributed by atoms with Gasteiger partial charge in [0.2, 0.25) is 0 Å². The number of aromatic nitrogens is 4. The Morgan fingerprint density at radius 1 is 1.00 bits per heavy atom. The summed E-state index contributed by atoms with van der Waals surface area (Å²) in [6.07, 6.45) is 5.41. The molecule has 5 rings (SSSR count). The molecular weight excluding hydrogens is 350 g/mol. The molecule has 6 nitrogen and oxygen atoms in total. The Balaban J connectivity index is 1.91. The Bertz CT molecular complexity index is 1400. The van der Waals surface area contributed by atoms with Gasteiger partial charge in [-0.3, -0.25) is 14.3 Å². The van der Waals surface area contributed by atoms with Crippen LogP contribution in [-0.2, 0) is 0 Å². The van der Waals surface area contributed by atoms with E-state index in [2.05, 4.69) is 10.1 Å². The van der Waals surface area contributed by atoms with Crippen molar-refractivity contribution in [1.82, 2.24) is 19.3 Å². The Morgan fingerprint density at radius 2 is 1.86 bits per heavy atom. The summed E-state index contributed by atoms with van der Waals surface area (Å²) >= 11 is 0. The van der Waals surface area contributed by atoms with Gasteiger partial charge in [-0.25, -0.2) is 4.68 Å². The SMILES string of the molecule is Cc1ccc(-n2c(=O)ccc3cnc4ccc(-n5cccn5)cc4c32)cc1N. The number of nitrogen functional groups attached to an aromatic ring is 1. The average Bonchev–Trinajstić information content (AvgIpc) is 3.24. The summed E-state index contributed by atoms with van der Waals surface area (Å²) in [6.45, 7) is 1.95. The summed E-state index contributed by atoms with van der Waals surface area (Å²) in [5, 5.41) is 6.06. The molecule has 0 spiro atoms. The standard InChI is InChI=1S/C22H17N5O/c1-14-3-5-17(12-19(14)23)27-21(28)8-4-15-13-24-20-7-6-16(11-18(20)22(15)27)26-10-2-9-25-26/h2-13H,23H2,1H3. The number of hydrogen-bond donors (Lipinski definition) is 1. The van der Waals surface area contributed by atoms with Gasteiger partial charge in [-0.1, -0.05) is 6.07 Å². The molecule has 28 heavy (non-hydrogen) atoms. The lowest BCUT2D eigenvalue weighted by molar-refractivity contribution is 0.882. The highest BCUT2D eigenvalue weighted by Gasteiger charge is 2.12. The second-order valence-corrected chi connectivity index (χ2v) is 6.76. The van der Waals surface area contributed by atoms with Gasteiger partial charge in [0.15, 0.2) is 0 Å². The predicted molar refractivity (Wildman–Crippen MR) is 111 cm³/mol. The lowest BCUT2D eigenvalue weighted by Crippen LogP contribution is -2.18. The van der Waals surface area contributed by atoms with Crippen LogP contribution in [0.2, 0.25) is 0 Å². The van der Waals surface area contributed by atoms with Crippen LogP contribution in [-0.4, -0.2) is 19.3 Å². The summed E-state index contributed by atoms with van der Waals surface area (Å²) < 4.78 is 3.48. The van der Waals surface area contributed by atoms with Gasteiger partial charge in [0.1, 0.15) is 0 Å². The molecule has 0 fully saturated rings. The van der Waals surface area contributed by atoms with E-state index >= 15 is 0 Å². The summed E-state index contributed by atoms with van der Waals surface area (Å²) in [4.78, 5) is 17.4. The van der Waals surface area contributed by atoms with Crippen molar-refractivity contribution in [1.29, 1.82) is 0 Å².